The second-order valence-corrected chi connectivity index (χ2v) is 6.37. The van der Waals surface area contributed by atoms with Crippen molar-refractivity contribution in [2.45, 2.75) is 20.3 Å². The number of benzene rings is 2. The number of aromatic nitrogens is 3. The van der Waals surface area contributed by atoms with E-state index >= 15 is 0 Å². The molecule has 5 nitrogen and oxygen atoms in total. The average molecular weight is 344 g/mol. The van der Waals surface area contributed by atoms with Crippen LogP contribution in [0.2, 0.25) is 0 Å². The molecule has 0 saturated carbocycles. The summed E-state index contributed by atoms with van der Waals surface area (Å²) in [5, 5.41) is 9.58. The number of hydrogen-bond donors (Lipinski definition) is 3. The number of H-pyrrole nitrogens is 1. The number of fused-ring (bicyclic) bond motifs is 1. The second-order valence-electron chi connectivity index (χ2n) is 6.37. The van der Waals surface area contributed by atoms with E-state index in [1.165, 1.54) is 0 Å². The lowest BCUT2D eigenvalue weighted by atomic mass is 9.92. The van der Waals surface area contributed by atoms with Crippen molar-refractivity contribution in [1.29, 1.82) is 0 Å². The standard InChI is InChI=1S/C21H20N4O/c1-3-16-17(14-6-9-18-19(10-14)25-12(2)24-18)11-23-21(22)20(16)13-4-7-15(26)8-5-13/h4-11,26H,3H2,1-2H3,(H2,22,23)(H,24,25). The summed E-state index contributed by atoms with van der Waals surface area (Å²) in [5.74, 6) is 1.62. The van der Waals surface area contributed by atoms with Gasteiger partial charge in [0.25, 0.3) is 0 Å². The van der Waals surface area contributed by atoms with E-state index in [4.69, 9.17) is 5.73 Å². The van der Waals surface area contributed by atoms with Gasteiger partial charge in [-0.15, -0.1) is 0 Å². The number of nitrogen functional groups attached to an aromatic ring is 1. The molecule has 2 heterocycles. The number of aromatic amines is 1. The fourth-order valence-corrected chi connectivity index (χ4v) is 3.43. The van der Waals surface area contributed by atoms with Crippen LogP contribution in [0.15, 0.2) is 48.7 Å². The molecule has 0 aliphatic carbocycles. The van der Waals surface area contributed by atoms with E-state index in [2.05, 4.69) is 34.0 Å². The normalized spacial score (nSPS) is 11.2. The topological polar surface area (TPSA) is 87.8 Å². The van der Waals surface area contributed by atoms with Gasteiger partial charge in [-0.25, -0.2) is 9.97 Å². The predicted octanol–water partition coefficient (Wildman–Crippen LogP) is 4.45. The van der Waals surface area contributed by atoms with Crippen LogP contribution in [0.1, 0.15) is 18.3 Å². The molecule has 0 unspecified atom stereocenters. The molecule has 0 atom stereocenters. The molecule has 0 bridgehead atoms. The zero-order valence-electron chi connectivity index (χ0n) is 14.7. The van der Waals surface area contributed by atoms with Crippen molar-refractivity contribution in [2.24, 2.45) is 0 Å². The van der Waals surface area contributed by atoms with Crippen molar-refractivity contribution in [1.82, 2.24) is 15.0 Å². The van der Waals surface area contributed by atoms with Crippen molar-refractivity contribution in [2.75, 3.05) is 5.73 Å². The van der Waals surface area contributed by atoms with E-state index in [0.717, 1.165) is 51.1 Å². The largest absolute Gasteiger partial charge is 0.508 e. The first kappa shape index (κ1) is 16.1. The van der Waals surface area contributed by atoms with Gasteiger partial charge in [-0.3, -0.25) is 0 Å². The first-order valence-corrected chi connectivity index (χ1v) is 8.60. The van der Waals surface area contributed by atoms with E-state index in [0.29, 0.717) is 5.82 Å². The second kappa shape index (κ2) is 6.19. The maximum atomic E-state index is 9.58. The molecule has 0 saturated heterocycles. The molecule has 5 heteroatoms. The summed E-state index contributed by atoms with van der Waals surface area (Å²) in [6.07, 6.45) is 2.65. The molecule has 2 aromatic heterocycles. The lowest BCUT2D eigenvalue weighted by Gasteiger charge is -2.16. The first-order chi connectivity index (χ1) is 12.6. The summed E-state index contributed by atoms with van der Waals surface area (Å²) in [7, 11) is 0. The molecule has 4 aromatic rings. The van der Waals surface area contributed by atoms with Crippen molar-refractivity contribution in [3.8, 4) is 28.0 Å². The van der Waals surface area contributed by atoms with Gasteiger partial charge in [0.05, 0.1) is 11.0 Å². The third-order valence-corrected chi connectivity index (χ3v) is 4.64. The van der Waals surface area contributed by atoms with Gasteiger partial charge in [0.1, 0.15) is 17.4 Å². The molecule has 0 amide bonds. The van der Waals surface area contributed by atoms with Crippen molar-refractivity contribution in [3.05, 3.63) is 60.0 Å². The van der Waals surface area contributed by atoms with Crippen molar-refractivity contribution < 1.29 is 5.11 Å². The highest BCUT2D eigenvalue weighted by Gasteiger charge is 2.16. The molecule has 0 fully saturated rings. The molecule has 26 heavy (non-hydrogen) atoms. The Morgan fingerprint density at radius 1 is 1.08 bits per heavy atom. The molecule has 0 aliphatic rings. The van der Waals surface area contributed by atoms with E-state index in [1.54, 1.807) is 12.1 Å². The summed E-state index contributed by atoms with van der Waals surface area (Å²) < 4.78 is 0. The van der Waals surface area contributed by atoms with Gasteiger partial charge >= 0.3 is 0 Å². The molecule has 4 N–H and O–H groups in total. The highest BCUT2D eigenvalue weighted by molar-refractivity contribution is 5.87. The smallest absolute Gasteiger partial charge is 0.131 e. The van der Waals surface area contributed by atoms with Crippen LogP contribution in [0, 0.1) is 6.92 Å². The first-order valence-electron chi connectivity index (χ1n) is 8.60. The van der Waals surface area contributed by atoms with Crippen LogP contribution in [0.3, 0.4) is 0 Å². The molecule has 0 radical (unpaired) electrons. The quantitative estimate of drug-likeness (QED) is 0.512. The average Bonchev–Trinajstić information content (AvgIpc) is 3.01. The van der Waals surface area contributed by atoms with Gasteiger partial charge in [-0.1, -0.05) is 25.1 Å². The van der Waals surface area contributed by atoms with E-state index in [9.17, 15) is 5.11 Å². The molecule has 130 valence electrons. The van der Waals surface area contributed by atoms with Crippen molar-refractivity contribution in [3.63, 3.8) is 0 Å². The molecule has 4 rings (SSSR count). The highest BCUT2D eigenvalue weighted by Crippen LogP contribution is 2.36. The van der Waals surface area contributed by atoms with Gasteiger partial charge < -0.3 is 15.8 Å². The molecule has 0 aliphatic heterocycles. The van der Waals surface area contributed by atoms with Gasteiger partial charge in [-0.2, -0.15) is 0 Å². The fourth-order valence-electron chi connectivity index (χ4n) is 3.43. The van der Waals surface area contributed by atoms with Crippen LogP contribution >= 0.6 is 0 Å². The Hall–Kier alpha value is -3.34. The van der Waals surface area contributed by atoms with Crippen LogP contribution in [0.5, 0.6) is 5.75 Å². The number of pyridine rings is 1. The van der Waals surface area contributed by atoms with E-state index in [1.807, 2.05) is 31.3 Å². The SMILES string of the molecule is CCc1c(-c2ccc3[nH]c(C)nc3c2)cnc(N)c1-c1ccc(O)cc1. The van der Waals surface area contributed by atoms with E-state index in [-0.39, 0.29) is 5.75 Å². The third-order valence-electron chi connectivity index (χ3n) is 4.64. The Kier molecular flexibility index (Phi) is 3.84. The summed E-state index contributed by atoms with van der Waals surface area (Å²) in [6, 6.07) is 13.3. The lowest BCUT2D eigenvalue weighted by molar-refractivity contribution is 0.475. The zero-order chi connectivity index (χ0) is 18.3. The van der Waals surface area contributed by atoms with Gasteiger partial charge in [-0.05, 0) is 54.3 Å². The Morgan fingerprint density at radius 2 is 1.81 bits per heavy atom. The van der Waals surface area contributed by atoms with Gasteiger partial charge in [0.15, 0.2) is 0 Å². The number of imidazole rings is 1. The van der Waals surface area contributed by atoms with Crippen molar-refractivity contribution >= 4 is 16.9 Å². The molecule has 0 spiro atoms. The summed E-state index contributed by atoms with van der Waals surface area (Å²) in [5.41, 5.74) is 13.3. The van der Waals surface area contributed by atoms with Crippen LogP contribution in [0.4, 0.5) is 5.82 Å². The van der Waals surface area contributed by atoms with Crippen LogP contribution in [-0.2, 0) is 6.42 Å². The van der Waals surface area contributed by atoms with Crippen LogP contribution < -0.4 is 5.73 Å². The summed E-state index contributed by atoms with van der Waals surface area (Å²) in [4.78, 5) is 12.2. The fraction of sp³-hybridized carbons (Fsp3) is 0.143. The molecular formula is C21H20N4O. The minimum Gasteiger partial charge on any atom is -0.508 e. The predicted molar refractivity (Wildman–Crippen MR) is 105 cm³/mol. The summed E-state index contributed by atoms with van der Waals surface area (Å²) in [6.45, 7) is 4.06. The Morgan fingerprint density at radius 3 is 2.54 bits per heavy atom. The molecular weight excluding hydrogens is 324 g/mol. The number of hydrogen-bond acceptors (Lipinski definition) is 4. The number of nitrogens with two attached hydrogens (primary N) is 1. The lowest BCUT2D eigenvalue weighted by Crippen LogP contribution is -2.01. The number of anilines is 1. The number of aromatic hydroxyl groups is 1. The van der Waals surface area contributed by atoms with Gasteiger partial charge in [0, 0.05) is 17.3 Å². The Balaban J connectivity index is 1.93. The van der Waals surface area contributed by atoms with Gasteiger partial charge in [0.2, 0.25) is 0 Å². The number of aryl methyl sites for hydroxylation is 1. The minimum atomic E-state index is 0.230. The molecule has 2 aromatic carbocycles. The zero-order valence-corrected chi connectivity index (χ0v) is 14.7. The maximum absolute atomic E-state index is 9.58. The van der Waals surface area contributed by atoms with Crippen LogP contribution in [0.25, 0.3) is 33.3 Å². The Labute approximate surface area is 151 Å². The number of nitrogens with one attached hydrogen (secondary N) is 1. The Bertz CT molecular complexity index is 1100. The maximum Gasteiger partial charge on any atom is 0.131 e. The number of phenols is 1. The highest BCUT2D eigenvalue weighted by atomic mass is 16.3. The number of rotatable bonds is 3. The number of nitrogens with zero attached hydrogens (tertiary/aromatic N) is 2. The number of phenolic OH excluding ortho intramolecular Hbond substituents is 1. The monoisotopic (exact) mass is 344 g/mol. The third kappa shape index (κ3) is 2.67. The van der Waals surface area contributed by atoms with E-state index < -0.39 is 0 Å². The summed E-state index contributed by atoms with van der Waals surface area (Å²) >= 11 is 0. The van der Waals surface area contributed by atoms with Crippen LogP contribution in [-0.4, -0.2) is 20.1 Å². The minimum absolute atomic E-state index is 0.230.